The van der Waals surface area contributed by atoms with Gasteiger partial charge in [0.15, 0.2) is 12.6 Å². The Kier molecular flexibility index (Phi) is 3.83. The Labute approximate surface area is 102 Å². The highest BCUT2D eigenvalue weighted by Crippen LogP contribution is 2.20. The van der Waals surface area contributed by atoms with Gasteiger partial charge in [0.25, 0.3) is 0 Å². The topological polar surface area (TPSA) is 50.3 Å². The fourth-order valence-corrected chi connectivity index (χ4v) is 2.64. The van der Waals surface area contributed by atoms with E-state index in [1.54, 1.807) is 5.38 Å². The van der Waals surface area contributed by atoms with Gasteiger partial charge in [0, 0.05) is 31.2 Å². The van der Waals surface area contributed by atoms with E-state index in [1.807, 2.05) is 0 Å². The van der Waals surface area contributed by atoms with Gasteiger partial charge in [-0.25, -0.2) is 9.37 Å². The number of halogens is 1. The Hall–Kier alpha value is -1.30. The number of hydrogen-bond donors (Lipinski definition) is 0. The molecule has 1 unspecified atom stereocenters. The number of hydrogen-bond acceptors (Lipinski definition) is 4. The van der Waals surface area contributed by atoms with Crippen LogP contribution in [0.5, 0.6) is 0 Å². The number of carbonyl (C=O) groups is 2. The van der Waals surface area contributed by atoms with Crippen LogP contribution in [-0.4, -0.2) is 34.9 Å². The lowest BCUT2D eigenvalue weighted by Crippen LogP contribution is -2.31. The van der Waals surface area contributed by atoms with Gasteiger partial charge in [0.05, 0.1) is 5.01 Å². The molecule has 0 bridgehead atoms. The molecule has 92 valence electrons. The van der Waals surface area contributed by atoms with Crippen LogP contribution in [0.25, 0.3) is 0 Å². The molecule has 1 aliphatic heterocycles. The summed E-state index contributed by atoms with van der Waals surface area (Å²) in [7, 11) is 0. The van der Waals surface area contributed by atoms with E-state index in [0.717, 1.165) is 5.01 Å². The second-order valence-corrected chi connectivity index (χ2v) is 4.89. The molecule has 2 rings (SSSR count). The molecule has 0 radical (unpaired) electrons. The van der Waals surface area contributed by atoms with Crippen molar-refractivity contribution in [3.05, 3.63) is 16.1 Å². The SMILES string of the molecule is O=Cc1csc(CCCN2C(=O)CCC2F)n1. The normalized spacial score (nSPS) is 19.9. The number of aromatic nitrogens is 1. The quantitative estimate of drug-likeness (QED) is 0.596. The lowest BCUT2D eigenvalue weighted by molar-refractivity contribution is -0.130. The fraction of sp³-hybridized carbons (Fsp3) is 0.545. The smallest absolute Gasteiger partial charge is 0.225 e. The first-order valence-electron chi connectivity index (χ1n) is 5.54. The lowest BCUT2D eigenvalue weighted by Gasteiger charge is -2.17. The Morgan fingerprint density at radius 3 is 3.06 bits per heavy atom. The van der Waals surface area contributed by atoms with Crippen LogP contribution in [0.15, 0.2) is 5.38 Å². The maximum absolute atomic E-state index is 13.3. The monoisotopic (exact) mass is 256 g/mol. The van der Waals surface area contributed by atoms with Gasteiger partial charge in [-0.15, -0.1) is 11.3 Å². The maximum Gasteiger partial charge on any atom is 0.225 e. The van der Waals surface area contributed by atoms with Gasteiger partial charge in [0.2, 0.25) is 5.91 Å². The summed E-state index contributed by atoms with van der Waals surface area (Å²) in [6, 6.07) is 0. The number of amides is 1. The molecule has 0 N–H and O–H groups in total. The van der Waals surface area contributed by atoms with Gasteiger partial charge >= 0.3 is 0 Å². The van der Waals surface area contributed by atoms with Gasteiger partial charge in [-0.1, -0.05) is 0 Å². The first kappa shape index (κ1) is 12.2. The Morgan fingerprint density at radius 2 is 2.47 bits per heavy atom. The third-order valence-corrected chi connectivity index (χ3v) is 3.66. The van der Waals surface area contributed by atoms with E-state index in [-0.39, 0.29) is 5.91 Å². The van der Waals surface area contributed by atoms with Crippen molar-refractivity contribution in [2.24, 2.45) is 0 Å². The summed E-state index contributed by atoms with van der Waals surface area (Å²) in [5.41, 5.74) is 0.436. The number of alkyl halides is 1. The molecule has 1 saturated heterocycles. The highest BCUT2D eigenvalue weighted by molar-refractivity contribution is 7.09. The van der Waals surface area contributed by atoms with Crippen LogP contribution in [0.1, 0.15) is 34.8 Å². The zero-order chi connectivity index (χ0) is 12.3. The molecule has 17 heavy (non-hydrogen) atoms. The van der Waals surface area contributed by atoms with E-state index in [9.17, 15) is 14.0 Å². The van der Waals surface area contributed by atoms with E-state index in [2.05, 4.69) is 4.98 Å². The maximum atomic E-state index is 13.3. The first-order valence-corrected chi connectivity index (χ1v) is 6.42. The predicted molar refractivity (Wildman–Crippen MR) is 61.7 cm³/mol. The van der Waals surface area contributed by atoms with Gasteiger partial charge < -0.3 is 4.90 Å². The second kappa shape index (κ2) is 5.35. The molecule has 1 atom stereocenters. The summed E-state index contributed by atoms with van der Waals surface area (Å²) in [5.74, 6) is -0.106. The van der Waals surface area contributed by atoms with Crippen LogP contribution in [0.3, 0.4) is 0 Å². The molecule has 6 heteroatoms. The largest absolute Gasteiger partial charge is 0.312 e. The minimum atomic E-state index is -1.12. The zero-order valence-electron chi connectivity index (χ0n) is 9.26. The number of aldehydes is 1. The Balaban J connectivity index is 1.79. The molecule has 1 amide bonds. The van der Waals surface area contributed by atoms with Crippen LogP contribution < -0.4 is 0 Å². The van der Waals surface area contributed by atoms with Gasteiger partial charge in [-0.05, 0) is 6.42 Å². The minimum absolute atomic E-state index is 0.106. The van der Waals surface area contributed by atoms with E-state index >= 15 is 0 Å². The number of carbonyl (C=O) groups excluding carboxylic acids is 2. The van der Waals surface area contributed by atoms with Crippen molar-refractivity contribution in [2.45, 2.75) is 32.0 Å². The Bertz CT molecular complexity index is 421. The Morgan fingerprint density at radius 1 is 1.65 bits per heavy atom. The third kappa shape index (κ3) is 2.88. The fourth-order valence-electron chi connectivity index (χ4n) is 1.86. The van der Waals surface area contributed by atoms with Crippen LogP contribution in [0.2, 0.25) is 0 Å². The van der Waals surface area contributed by atoms with E-state index in [4.69, 9.17) is 0 Å². The highest BCUT2D eigenvalue weighted by Gasteiger charge is 2.29. The van der Waals surface area contributed by atoms with Crippen molar-refractivity contribution >= 4 is 23.5 Å². The summed E-state index contributed by atoms with van der Waals surface area (Å²) in [5, 5.41) is 2.55. The van der Waals surface area contributed by atoms with E-state index in [0.29, 0.717) is 44.2 Å². The van der Waals surface area contributed by atoms with E-state index in [1.165, 1.54) is 16.2 Å². The molecular weight excluding hydrogens is 243 g/mol. The molecule has 1 aromatic heterocycles. The molecule has 2 heterocycles. The second-order valence-electron chi connectivity index (χ2n) is 3.95. The van der Waals surface area contributed by atoms with Crippen molar-refractivity contribution in [3.63, 3.8) is 0 Å². The first-order chi connectivity index (χ1) is 8.20. The molecule has 1 aromatic rings. The molecule has 4 nitrogen and oxygen atoms in total. The van der Waals surface area contributed by atoms with Crippen molar-refractivity contribution in [1.82, 2.24) is 9.88 Å². The highest BCUT2D eigenvalue weighted by atomic mass is 32.1. The van der Waals surface area contributed by atoms with Crippen molar-refractivity contribution in [1.29, 1.82) is 0 Å². The van der Waals surface area contributed by atoms with Gasteiger partial charge in [0.1, 0.15) is 5.69 Å². The van der Waals surface area contributed by atoms with Crippen LogP contribution in [-0.2, 0) is 11.2 Å². The summed E-state index contributed by atoms with van der Waals surface area (Å²) in [6.45, 7) is 0.427. The standard InChI is InChI=1S/C11H13FN2O2S/c12-9-3-4-11(16)14(9)5-1-2-10-13-8(6-15)7-17-10/h6-7,9H,1-5H2. The number of likely N-dealkylation sites (tertiary alicyclic amines) is 1. The summed E-state index contributed by atoms with van der Waals surface area (Å²) in [6.07, 6.45) is 1.57. The van der Waals surface area contributed by atoms with Gasteiger partial charge in [-0.3, -0.25) is 9.59 Å². The molecule has 0 aromatic carbocycles. The van der Waals surface area contributed by atoms with Crippen LogP contribution in [0.4, 0.5) is 4.39 Å². The number of thiazole rings is 1. The molecule has 1 fully saturated rings. The molecule has 0 saturated carbocycles. The average Bonchev–Trinajstić information content (AvgIpc) is 2.90. The van der Waals surface area contributed by atoms with E-state index < -0.39 is 6.30 Å². The van der Waals surface area contributed by atoms with Crippen molar-refractivity contribution in [3.8, 4) is 0 Å². The lowest BCUT2D eigenvalue weighted by atomic mass is 10.3. The van der Waals surface area contributed by atoms with Crippen LogP contribution >= 0.6 is 11.3 Å². The average molecular weight is 256 g/mol. The summed E-state index contributed by atoms with van der Waals surface area (Å²) in [4.78, 5) is 27.1. The predicted octanol–water partition coefficient (Wildman–Crippen LogP) is 1.81. The molecule has 1 aliphatic rings. The van der Waals surface area contributed by atoms with Crippen molar-refractivity contribution in [2.75, 3.05) is 6.54 Å². The molecular formula is C11H13FN2O2S. The number of aryl methyl sites for hydroxylation is 1. The summed E-state index contributed by atoms with van der Waals surface area (Å²) < 4.78 is 13.3. The number of rotatable bonds is 5. The summed E-state index contributed by atoms with van der Waals surface area (Å²) >= 11 is 1.42. The zero-order valence-corrected chi connectivity index (χ0v) is 10.1. The third-order valence-electron chi connectivity index (χ3n) is 2.73. The molecule has 0 spiro atoms. The molecule has 0 aliphatic carbocycles. The van der Waals surface area contributed by atoms with Crippen LogP contribution in [0, 0.1) is 0 Å². The minimum Gasteiger partial charge on any atom is -0.312 e. The number of nitrogens with zero attached hydrogens (tertiary/aromatic N) is 2. The van der Waals surface area contributed by atoms with Crippen molar-refractivity contribution < 1.29 is 14.0 Å². The van der Waals surface area contributed by atoms with Gasteiger partial charge in [-0.2, -0.15) is 0 Å².